The van der Waals surface area contributed by atoms with Gasteiger partial charge in [0.2, 0.25) is 0 Å². The number of hydrogen-bond acceptors (Lipinski definition) is 6. The number of hydrogen-bond donors (Lipinski definition) is 3. The summed E-state index contributed by atoms with van der Waals surface area (Å²) in [6.45, 7) is 1.74. The Morgan fingerprint density at radius 2 is 1.79 bits per heavy atom. The van der Waals surface area contributed by atoms with Crippen molar-refractivity contribution in [2.24, 2.45) is 0 Å². The number of aliphatic hydroxyl groups is 2. The summed E-state index contributed by atoms with van der Waals surface area (Å²) in [6.07, 6.45) is 1.25. The number of urea groups is 1. The first-order valence-corrected chi connectivity index (χ1v) is 5.89. The molecule has 0 aliphatic carbocycles. The predicted octanol–water partition coefficient (Wildman–Crippen LogP) is -1.74. The molecule has 1 rings (SSSR count). The average Bonchev–Trinajstić information content (AvgIpc) is 2.35. The zero-order chi connectivity index (χ0) is 14.4. The molecule has 0 spiro atoms. The van der Waals surface area contributed by atoms with Crippen LogP contribution in [0.5, 0.6) is 0 Å². The molecule has 1 aliphatic heterocycles. The van der Waals surface area contributed by atoms with Crippen LogP contribution in [-0.4, -0.2) is 70.7 Å². The summed E-state index contributed by atoms with van der Waals surface area (Å²) in [7, 11) is 0. The topological polar surface area (TPSA) is 110 Å². The highest BCUT2D eigenvalue weighted by atomic mass is 16.3. The van der Waals surface area contributed by atoms with E-state index >= 15 is 0 Å². The second-order valence-corrected chi connectivity index (χ2v) is 3.83. The van der Waals surface area contributed by atoms with Crippen molar-refractivity contribution >= 4 is 17.8 Å². The van der Waals surface area contributed by atoms with Crippen LogP contribution in [0.4, 0.5) is 4.79 Å². The largest absolute Gasteiger partial charge is 0.395 e. The van der Waals surface area contributed by atoms with Gasteiger partial charge in [0.25, 0.3) is 11.8 Å². The molecule has 0 radical (unpaired) electrons. The fourth-order valence-corrected chi connectivity index (χ4v) is 1.65. The Labute approximate surface area is 110 Å². The molecule has 8 nitrogen and oxygen atoms in total. The fraction of sp³-hybridized carbons (Fsp3) is 0.545. The van der Waals surface area contributed by atoms with E-state index in [1.54, 1.807) is 6.92 Å². The van der Waals surface area contributed by atoms with Crippen LogP contribution in [0.15, 0.2) is 11.8 Å². The lowest BCUT2D eigenvalue weighted by Crippen LogP contribution is -2.54. The number of likely N-dealkylation sites (N-methyl/N-ethyl adjacent to an activating group) is 1. The molecule has 4 amide bonds. The van der Waals surface area contributed by atoms with Gasteiger partial charge in [-0.05, 0) is 6.92 Å². The van der Waals surface area contributed by atoms with Gasteiger partial charge in [-0.25, -0.2) is 4.79 Å². The smallest absolute Gasteiger partial charge is 0.331 e. The van der Waals surface area contributed by atoms with Gasteiger partial charge >= 0.3 is 6.03 Å². The predicted molar refractivity (Wildman–Crippen MR) is 64.8 cm³/mol. The lowest BCUT2D eigenvalue weighted by atomic mass is 10.2. The standard InChI is InChI=1S/C11H17N3O5/c1-2-14-10(18)8(9(17)12-11(14)19)7-13(3-5-15)4-6-16/h7,15-16H,2-6H2,1H3,(H,12,17,19). The number of barbiturate groups is 1. The number of amides is 4. The normalized spacial score (nSPS) is 17.9. The SMILES string of the molecule is CCN1C(=O)NC(=O)C(=CN(CCO)CCO)C1=O. The van der Waals surface area contributed by atoms with Gasteiger partial charge in [0.15, 0.2) is 0 Å². The molecule has 0 aromatic rings. The summed E-state index contributed by atoms with van der Waals surface area (Å²) in [5.74, 6) is -1.46. The van der Waals surface area contributed by atoms with Crippen LogP contribution >= 0.6 is 0 Å². The summed E-state index contributed by atoms with van der Waals surface area (Å²) in [5, 5.41) is 19.8. The molecule has 1 saturated heterocycles. The molecule has 1 fully saturated rings. The third-order valence-electron chi connectivity index (χ3n) is 2.59. The van der Waals surface area contributed by atoms with E-state index in [4.69, 9.17) is 10.2 Å². The summed E-state index contributed by atoms with van der Waals surface area (Å²) in [6, 6.07) is -0.745. The minimum atomic E-state index is -0.777. The van der Waals surface area contributed by atoms with E-state index < -0.39 is 17.8 Å². The second kappa shape index (κ2) is 6.86. The zero-order valence-corrected chi connectivity index (χ0v) is 10.6. The van der Waals surface area contributed by atoms with Crippen LogP contribution in [-0.2, 0) is 9.59 Å². The Kier molecular flexibility index (Phi) is 5.46. The van der Waals surface area contributed by atoms with Crippen LogP contribution in [0, 0.1) is 0 Å². The van der Waals surface area contributed by atoms with Gasteiger partial charge in [0.1, 0.15) is 5.57 Å². The maximum atomic E-state index is 11.9. The van der Waals surface area contributed by atoms with E-state index in [1.807, 2.05) is 0 Å². The molecule has 3 N–H and O–H groups in total. The molecule has 0 atom stereocenters. The molecule has 19 heavy (non-hydrogen) atoms. The molecule has 0 unspecified atom stereocenters. The maximum Gasteiger partial charge on any atom is 0.331 e. The average molecular weight is 271 g/mol. The number of rotatable bonds is 6. The molecular weight excluding hydrogens is 254 g/mol. The van der Waals surface area contributed by atoms with Crippen LogP contribution in [0.25, 0.3) is 0 Å². The highest BCUT2D eigenvalue weighted by Crippen LogP contribution is 2.10. The molecule has 106 valence electrons. The fourth-order valence-electron chi connectivity index (χ4n) is 1.65. The van der Waals surface area contributed by atoms with Crippen molar-refractivity contribution in [3.05, 3.63) is 11.8 Å². The lowest BCUT2D eigenvalue weighted by molar-refractivity contribution is -0.130. The molecule has 1 aliphatic rings. The monoisotopic (exact) mass is 271 g/mol. The lowest BCUT2D eigenvalue weighted by Gasteiger charge is -2.27. The molecule has 1 heterocycles. The van der Waals surface area contributed by atoms with Gasteiger partial charge in [-0.3, -0.25) is 19.8 Å². The van der Waals surface area contributed by atoms with E-state index in [2.05, 4.69) is 5.32 Å². The van der Waals surface area contributed by atoms with Crippen LogP contribution < -0.4 is 5.32 Å². The van der Waals surface area contributed by atoms with Crippen molar-refractivity contribution in [3.63, 3.8) is 0 Å². The number of aliphatic hydroxyl groups excluding tert-OH is 2. The number of nitrogens with zero attached hydrogens (tertiary/aromatic N) is 2. The van der Waals surface area contributed by atoms with Gasteiger partial charge in [0, 0.05) is 25.8 Å². The molecule has 0 aromatic carbocycles. The van der Waals surface area contributed by atoms with Gasteiger partial charge in [0.05, 0.1) is 13.2 Å². The maximum absolute atomic E-state index is 11.9. The number of nitrogens with one attached hydrogen (secondary N) is 1. The summed E-state index contributed by atoms with van der Waals surface area (Å²) >= 11 is 0. The first kappa shape index (κ1) is 15.1. The summed E-state index contributed by atoms with van der Waals surface area (Å²) in [5.41, 5.74) is -0.191. The highest BCUT2D eigenvalue weighted by molar-refractivity contribution is 6.28. The Morgan fingerprint density at radius 3 is 2.26 bits per heavy atom. The van der Waals surface area contributed by atoms with E-state index in [0.717, 1.165) is 4.90 Å². The van der Waals surface area contributed by atoms with Gasteiger partial charge in [-0.15, -0.1) is 0 Å². The van der Waals surface area contributed by atoms with E-state index in [-0.39, 0.29) is 38.4 Å². The quantitative estimate of drug-likeness (QED) is 0.390. The molecule has 0 aromatic heterocycles. The Bertz CT molecular complexity index is 401. The minimum Gasteiger partial charge on any atom is -0.395 e. The molecule has 8 heteroatoms. The number of imide groups is 2. The third-order valence-corrected chi connectivity index (χ3v) is 2.59. The Morgan fingerprint density at radius 1 is 1.21 bits per heavy atom. The second-order valence-electron chi connectivity index (χ2n) is 3.83. The minimum absolute atomic E-state index is 0.148. The van der Waals surface area contributed by atoms with E-state index in [1.165, 1.54) is 11.1 Å². The van der Waals surface area contributed by atoms with Crippen LogP contribution in [0.3, 0.4) is 0 Å². The first-order valence-electron chi connectivity index (χ1n) is 5.89. The van der Waals surface area contributed by atoms with Crippen molar-refractivity contribution in [1.29, 1.82) is 0 Å². The summed E-state index contributed by atoms with van der Waals surface area (Å²) < 4.78 is 0. The van der Waals surface area contributed by atoms with Crippen molar-refractivity contribution in [2.75, 3.05) is 32.8 Å². The Balaban J connectivity index is 2.97. The van der Waals surface area contributed by atoms with E-state index in [9.17, 15) is 14.4 Å². The van der Waals surface area contributed by atoms with Gasteiger partial charge in [-0.2, -0.15) is 0 Å². The van der Waals surface area contributed by atoms with Gasteiger partial charge in [-0.1, -0.05) is 0 Å². The van der Waals surface area contributed by atoms with Crippen molar-refractivity contribution in [2.45, 2.75) is 6.92 Å². The van der Waals surface area contributed by atoms with Crippen LogP contribution in [0.2, 0.25) is 0 Å². The molecular formula is C11H17N3O5. The van der Waals surface area contributed by atoms with Crippen molar-refractivity contribution in [1.82, 2.24) is 15.1 Å². The van der Waals surface area contributed by atoms with Crippen LogP contribution in [0.1, 0.15) is 6.92 Å². The first-order chi connectivity index (χ1) is 9.04. The highest BCUT2D eigenvalue weighted by Gasteiger charge is 2.35. The van der Waals surface area contributed by atoms with Gasteiger partial charge < -0.3 is 15.1 Å². The van der Waals surface area contributed by atoms with E-state index in [0.29, 0.717) is 0 Å². The third kappa shape index (κ3) is 3.52. The van der Waals surface area contributed by atoms with Crippen molar-refractivity contribution < 1.29 is 24.6 Å². The van der Waals surface area contributed by atoms with Crippen molar-refractivity contribution in [3.8, 4) is 0 Å². The summed E-state index contributed by atoms with van der Waals surface area (Å²) in [4.78, 5) is 37.3. The molecule has 0 bridgehead atoms. The molecule has 0 saturated carbocycles. The Hall–Kier alpha value is -1.93. The zero-order valence-electron chi connectivity index (χ0n) is 10.6. The number of carbonyl (C=O) groups is 3. The number of carbonyl (C=O) groups excluding carboxylic acids is 3.